The number of piperidine rings is 1. The number of hydrogen-bond donors (Lipinski definition) is 2. The first-order chi connectivity index (χ1) is 11.7. The summed E-state index contributed by atoms with van der Waals surface area (Å²) in [5.74, 6) is 1.00. The largest absolute Gasteiger partial charge is 0.393 e. The van der Waals surface area contributed by atoms with E-state index in [0.717, 1.165) is 70.9 Å². The summed E-state index contributed by atoms with van der Waals surface area (Å²) < 4.78 is 0. The summed E-state index contributed by atoms with van der Waals surface area (Å²) in [7, 11) is 2.11. The number of likely N-dealkylation sites (tertiary alicyclic amines) is 1. The Balaban J connectivity index is 1.70. The van der Waals surface area contributed by atoms with Gasteiger partial charge in [0.1, 0.15) is 0 Å². The van der Waals surface area contributed by atoms with Crippen LogP contribution >= 0.6 is 11.3 Å². The van der Waals surface area contributed by atoms with Crippen LogP contribution in [0.4, 0.5) is 0 Å². The second-order valence-corrected chi connectivity index (χ2v) is 7.45. The number of aliphatic imine (C=N–C) groups is 1. The molecule has 6 heteroatoms. The van der Waals surface area contributed by atoms with Gasteiger partial charge in [0.2, 0.25) is 0 Å². The molecule has 1 saturated heterocycles. The molecule has 0 atom stereocenters. The Hall–Kier alpha value is -1.11. The van der Waals surface area contributed by atoms with Crippen molar-refractivity contribution in [1.29, 1.82) is 0 Å². The summed E-state index contributed by atoms with van der Waals surface area (Å²) in [4.78, 5) is 10.9. The molecule has 0 unspecified atom stereocenters. The molecule has 136 valence electrons. The summed E-state index contributed by atoms with van der Waals surface area (Å²) in [5.41, 5.74) is 0. The van der Waals surface area contributed by atoms with Crippen molar-refractivity contribution < 1.29 is 5.11 Å². The van der Waals surface area contributed by atoms with E-state index < -0.39 is 0 Å². The summed E-state index contributed by atoms with van der Waals surface area (Å²) in [5, 5.41) is 15.1. The van der Waals surface area contributed by atoms with Crippen LogP contribution in [0.3, 0.4) is 0 Å². The lowest BCUT2D eigenvalue weighted by Crippen LogP contribution is -2.40. The van der Waals surface area contributed by atoms with Gasteiger partial charge < -0.3 is 20.2 Å². The lowest BCUT2D eigenvalue weighted by molar-refractivity contribution is 0.0824. The molecule has 0 aliphatic carbocycles. The predicted molar refractivity (Wildman–Crippen MR) is 103 cm³/mol. The second kappa shape index (κ2) is 10.7. The van der Waals surface area contributed by atoms with Crippen molar-refractivity contribution in [2.45, 2.75) is 38.7 Å². The van der Waals surface area contributed by atoms with Crippen molar-refractivity contribution in [3.05, 3.63) is 22.4 Å². The fourth-order valence-corrected chi connectivity index (χ4v) is 3.63. The van der Waals surface area contributed by atoms with E-state index >= 15 is 0 Å². The van der Waals surface area contributed by atoms with Crippen molar-refractivity contribution in [3.63, 3.8) is 0 Å². The Labute approximate surface area is 150 Å². The highest BCUT2D eigenvalue weighted by Gasteiger charge is 2.16. The Bertz CT molecular complexity index is 469. The highest BCUT2D eigenvalue weighted by molar-refractivity contribution is 7.09. The number of aliphatic hydroxyl groups excluding tert-OH is 1. The first kappa shape index (κ1) is 19.2. The van der Waals surface area contributed by atoms with Crippen LogP contribution in [0.15, 0.2) is 22.5 Å². The highest BCUT2D eigenvalue weighted by atomic mass is 32.1. The Kier molecular flexibility index (Phi) is 8.56. The third-order valence-corrected chi connectivity index (χ3v) is 5.36. The molecule has 1 aromatic heterocycles. The third kappa shape index (κ3) is 6.79. The van der Waals surface area contributed by atoms with Crippen molar-refractivity contribution in [2.75, 3.05) is 46.3 Å². The zero-order valence-corrected chi connectivity index (χ0v) is 15.9. The summed E-state index contributed by atoms with van der Waals surface area (Å²) >= 11 is 1.82. The molecule has 0 saturated carbocycles. The summed E-state index contributed by atoms with van der Waals surface area (Å²) in [6, 6.07) is 4.30. The Morgan fingerprint density at radius 2 is 2.25 bits per heavy atom. The normalized spacial score (nSPS) is 17.2. The van der Waals surface area contributed by atoms with Crippen molar-refractivity contribution in [2.24, 2.45) is 4.99 Å². The molecular weight excluding hydrogens is 320 g/mol. The van der Waals surface area contributed by atoms with Gasteiger partial charge in [-0.2, -0.15) is 0 Å². The van der Waals surface area contributed by atoms with Gasteiger partial charge >= 0.3 is 0 Å². The minimum absolute atomic E-state index is 0.0865. The quantitative estimate of drug-likeness (QED) is 0.427. The molecule has 1 aliphatic heterocycles. The molecular formula is C18H32N4OS. The summed E-state index contributed by atoms with van der Waals surface area (Å²) in [6.07, 6.45) is 3.88. The molecule has 2 N–H and O–H groups in total. The van der Waals surface area contributed by atoms with Gasteiger partial charge in [0, 0.05) is 44.6 Å². The SMILES string of the molecule is CCNC(=NCCCN1CCC(O)CC1)N(C)CCc1cccs1. The van der Waals surface area contributed by atoms with E-state index in [1.165, 1.54) is 4.88 Å². The zero-order chi connectivity index (χ0) is 17.2. The van der Waals surface area contributed by atoms with Gasteiger partial charge in [-0.3, -0.25) is 4.99 Å². The second-order valence-electron chi connectivity index (χ2n) is 6.41. The maximum Gasteiger partial charge on any atom is 0.193 e. The number of rotatable bonds is 8. The Morgan fingerprint density at radius 1 is 1.46 bits per heavy atom. The molecule has 5 nitrogen and oxygen atoms in total. The van der Waals surface area contributed by atoms with E-state index in [9.17, 15) is 5.11 Å². The van der Waals surface area contributed by atoms with E-state index in [0.29, 0.717) is 0 Å². The molecule has 0 radical (unpaired) electrons. The number of hydrogen-bond acceptors (Lipinski definition) is 4. The average molecular weight is 353 g/mol. The number of aliphatic hydroxyl groups is 1. The molecule has 2 rings (SSSR count). The maximum absolute atomic E-state index is 9.55. The molecule has 1 aromatic rings. The fourth-order valence-electron chi connectivity index (χ4n) is 2.93. The highest BCUT2D eigenvalue weighted by Crippen LogP contribution is 2.10. The monoisotopic (exact) mass is 352 g/mol. The minimum atomic E-state index is -0.0865. The van der Waals surface area contributed by atoms with Crippen LogP contribution in [0.25, 0.3) is 0 Å². The van der Waals surface area contributed by atoms with Gasteiger partial charge in [-0.1, -0.05) is 6.07 Å². The van der Waals surface area contributed by atoms with Crippen LogP contribution in [0.5, 0.6) is 0 Å². The number of nitrogens with one attached hydrogen (secondary N) is 1. The first-order valence-corrected chi connectivity index (χ1v) is 9.99. The molecule has 1 fully saturated rings. The van der Waals surface area contributed by atoms with E-state index in [1.54, 1.807) is 0 Å². The van der Waals surface area contributed by atoms with Gasteiger partial charge in [-0.15, -0.1) is 11.3 Å². The number of likely N-dealkylation sites (N-methyl/N-ethyl adjacent to an activating group) is 1. The predicted octanol–water partition coefficient (Wildman–Crippen LogP) is 2.03. The fraction of sp³-hybridized carbons (Fsp3) is 0.722. The van der Waals surface area contributed by atoms with Crippen LogP contribution in [0.2, 0.25) is 0 Å². The van der Waals surface area contributed by atoms with Gasteiger partial charge in [0.15, 0.2) is 5.96 Å². The first-order valence-electron chi connectivity index (χ1n) is 9.11. The molecule has 0 bridgehead atoms. The van der Waals surface area contributed by atoms with Gasteiger partial charge in [0.25, 0.3) is 0 Å². The third-order valence-electron chi connectivity index (χ3n) is 4.42. The zero-order valence-electron chi connectivity index (χ0n) is 15.1. The topological polar surface area (TPSA) is 51.1 Å². The minimum Gasteiger partial charge on any atom is -0.393 e. The van der Waals surface area contributed by atoms with Gasteiger partial charge in [-0.25, -0.2) is 0 Å². The lowest BCUT2D eigenvalue weighted by Gasteiger charge is -2.29. The van der Waals surface area contributed by atoms with E-state index in [1.807, 2.05) is 11.3 Å². The molecule has 1 aliphatic rings. The summed E-state index contributed by atoms with van der Waals surface area (Å²) in [6.45, 7) is 7.96. The number of thiophene rings is 1. The van der Waals surface area contributed by atoms with E-state index in [-0.39, 0.29) is 6.10 Å². The molecule has 0 spiro atoms. The molecule has 2 heterocycles. The number of nitrogens with zero attached hydrogens (tertiary/aromatic N) is 3. The lowest BCUT2D eigenvalue weighted by atomic mass is 10.1. The van der Waals surface area contributed by atoms with Gasteiger partial charge in [0.05, 0.1) is 6.10 Å². The van der Waals surface area contributed by atoms with Crippen molar-refractivity contribution in [3.8, 4) is 0 Å². The van der Waals surface area contributed by atoms with Crippen LogP contribution in [0.1, 0.15) is 31.1 Å². The smallest absolute Gasteiger partial charge is 0.193 e. The van der Waals surface area contributed by atoms with Crippen LogP contribution in [-0.4, -0.2) is 73.3 Å². The van der Waals surface area contributed by atoms with Crippen LogP contribution < -0.4 is 5.32 Å². The molecule has 24 heavy (non-hydrogen) atoms. The standard InChI is InChI=1S/C18H32N4OS/c1-3-19-18(21(2)12-9-17-6-4-15-24-17)20-10-5-11-22-13-7-16(23)8-14-22/h4,6,15-16,23H,3,5,7-14H2,1-2H3,(H,19,20). The molecule has 0 aromatic carbocycles. The maximum atomic E-state index is 9.55. The number of guanidine groups is 1. The van der Waals surface area contributed by atoms with Gasteiger partial charge in [-0.05, 0) is 50.6 Å². The Morgan fingerprint density at radius 3 is 2.92 bits per heavy atom. The molecule has 0 amide bonds. The van der Waals surface area contributed by atoms with Crippen LogP contribution in [0, 0.1) is 0 Å². The average Bonchev–Trinajstić information content (AvgIpc) is 3.10. The van der Waals surface area contributed by atoms with Crippen molar-refractivity contribution in [1.82, 2.24) is 15.1 Å². The van der Waals surface area contributed by atoms with E-state index in [2.05, 4.69) is 46.6 Å². The van der Waals surface area contributed by atoms with E-state index in [4.69, 9.17) is 4.99 Å². The van der Waals surface area contributed by atoms with Crippen molar-refractivity contribution >= 4 is 17.3 Å². The van der Waals surface area contributed by atoms with Crippen LogP contribution in [-0.2, 0) is 6.42 Å².